The molecule has 0 amide bonds. The first kappa shape index (κ1) is 10.9. The van der Waals surface area contributed by atoms with E-state index in [2.05, 4.69) is 11.8 Å². The lowest BCUT2D eigenvalue weighted by Crippen LogP contribution is -2.35. The molecule has 4 nitrogen and oxygen atoms in total. The molecule has 0 saturated carbocycles. The summed E-state index contributed by atoms with van der Waals surface area (Å²) in [5, 5.41) is 0. The van der Waals surface area contributed by atoms with Crippen molar-refractivity contribution in [2.45, 2.75) is 19.8 Å². The average Bonchev–Trinajstić information content (AvgIpc) is 2.03. The molecule has 1 aliphatic heterocycles. The lowest BCUT2D eigenvalue weighted by Gasteiger charge is -2.30. The summed E-state index contributed by atoms with van der Waals surface area (Å²) < 4.78 is 29.8. The van der Waals surface area contributed by atoms with Gasteiger partial charge in [-0.15, -0.1) is 0 Å². The van der Waals surface area contributed by atoms with Gasteiger partial charge >= 0.3 is 0 Å². The van der Waals surface area contributed by atoms with Crippen molar-refractivity contribution >= 4 is 10.1 Å². The van der Waals surface area contributed by atoms with Crippen LogP contribution in [0.3, 0.4) is 0 Å². The number of nitrogens with zero attached hydrogens (tertiary/aromatic N) is 1. The van der Waals surface area contributed by atoms with E-state index in [0.29, 0.717) is 0 Å². The van der Waals surface area contributed by atoms with E-state index in [-0.39, 0.29) is 11.7 Å². The number of likely N-dealkylation sites (tertiary alicyclic amines) is 1. The molecule has 1 heterocycles. The molecule has 0 spiro atoms. The van der Waals surface area contributed by atoms with E-state index >= 15 is 0 Å². The Hall–Kier alpha value is -0.130. The highest BCUT2D eigenvalue weighted by Gasteiger charge is 2.22. The molecule has 0 aromatic carbocycles. The van der Waals surface area contributed by atoms with Crippen LogP contribution in [0.25, 0.3) is 0 Å². The van der Waals surface area contributed by atoms with Crippen molar-refractivity contribution in [3.63, 3.8) is 0 Å². The fourth-order valence-corrected chi connectivity index (χ4v) is 2.70. The van der Waals surface area contributed by atoms with Gasteiger partial charge in [-0.3, -0.25) is 4.55 Å². The van der Waals surface area contributed by atoms with Crippen LogP contribution in [0, 0.1) is 5.92 Å². The fraction of sp³-hybridized carbons (Fsp3) is 1.00. The summed E-state index contributed by atoms with van der Waals surface area (Å²) in [6, 6.07) is 0. The highest BCUT2D eigenvalue weighted by atomic mass is 32.2. The first-order valence-corrected chi connectivity index (χ1v) is 6.29. The van der Waals surface area contributed by atoms with E-state index in [1.165, 1.54) is 0 Å². The first-order chi connectivity index (χ1) is 6.01. The lowest BCUT2D eigenvalue weighted by atomic mass is 9.99. The third kappa shape index (κ3) is 4.06. The Morgan fingerprint density at radius 1 is 1.38 bits per heavy atom. The summed E-state index contributed by atoms with van der Waals surface area (Å²) >= 11 is 0. The van der Waals surface area contributed by atoms with Crippen molar-refractivity contribution in [1.82, 2.24) is 4.90 Å². The topological polar surface area (TPSA) is 57.6 Å². The molecule has 1 fully saturated rings. The van der Waals surface area contributed by atoms with Gasteiger partial charge < -0.3 is 4.90 Å². The van der Waals surface area contributed by atoms with Crippen LogP contribution in [-0.4, -0.2) is 43.3 Å². The van der Waals surface area contributed by atoms with Gasteiger partial charge in [0, 0.05) is 0 Å². The van der Waals surface area contributed by atoms with Crippen LogP contribution >= 0.6 is 0 Å². The van der Waals surface area contributed by atoms with Crippen molar-refractivity contribution in [2.24, 2.45) is 5.92 Å². The molecule has 0 radical (unpaired) electrons. The van der Waals surface area contributed by atoms with E-state index in [9.17, 15) is 8.42 Å². The van der Waals surface area contributed by atoms with E-state index < -0.39 is 10.1 Å². The van der Waals surface area contributed by atoms with E-state index in [1.54, 1.807) is 0 Å². The summed E-state index contributed by atoms with van der Waals surface area (Å²) in [4.78, 5) is 2.29. The Balaban J connectivity index is 2.33. The quantitative estimate of drug-likeness (QED) is 0.689. The molecular formula is C8H17NO3S. The monoisotopic (exact) mass is 207 g/mol. The van der Waals surface area contributed by atoms with Crippen LogP contribution in [0.1, 0.15) is 19.8 Å². The smallest absolute Gasteiger partial charge is 0.265 e. The predicted octanol–water partition coefficient (Wildman–Crippen LogP) is 0.606. The average molecular weight is 207 g/mol. The van der Waals surface area contributed by atoms with E-state index in [1.807, 2.05) is 0 Å². The van der Waals surface area contributed by atoms with Gasteiger partial charge in [-0.25, -0.2) is 0 Å². The van der Waals surface area contributed by atoms with Crippen molar-refractivity contribution in [3.05, 3.63) is 0 Å². The number of hydrogen-bond donors (Lipinski definition) is 1. The minimum absolute atomic E-state index is 0.0649. The molecule has 1 N–H and O–H groups in total. The molecule has 0 bridgehead atoms. The molecule has 1 rings (SSSR count). The molecule has 0 aromatic rings. The first-order valence-electron chi connectivity index (χ1n) is 4.69. The number of piperidine rings is 1. The highest BCUT2D eigenvalue weighted by Crippen LogP contribution is 2.18. The molecule has 0 aromatic heterocycles. The molecule has 0 atom stereocenters. The van der Waals surface area contributed by atoms with Gasteiger partial charge in [0.1, 0.15) is 0 Å². The second-order valence-electron chi connectivity index (χ2n) is 3.63. The van der Waals surface area contributed by atoms with Gasteiger partial charge in [0.2, 0.25) is 0 Å². The van der Waals surface area contributed by atoms with Crippen LogP contribution in [0.4, 0.5) is 0 Å². The van der Waals surface area contributed by atoms with Crippen LogP contribution in [0.15, 0.2) is 0 Å². The molecule has 78 valence electrons. The normalized spacial score (nSPS) is 22.0. The fourth-order valence-electron chi connectivity index (χ4n) is 1.77. The van der Waals surface area contributed by atoms with Crippen molar-refractivity contribution < 1.29 is 13.0 Å². The third-order valence-corrected chi connectivity index (χ3v) is 3.49. The maximum atomic E-state index is 10.6. The maximum Gasteiger partial charge on any atom is 0.265 e. The summed E-state index contributed by atoms with van der Waals surface area (Å²) in [6.45, 7) is 5.04. The zero-order valence-electron chi connectivity index (χ0n) is 7.94. The minimum Gasteiger partial charge on any atom is -0.304 e. The third-order valence-electron chi connectivity index (χ3n) is 2.60. The second kappa shape index (κ2) is 4.39. The van der Waals surface area contributed by atoms with Crippen LogP contribution < -0.4 is 0 Å². The summed E-state index contributed by atoms with van der Waals surface area (Å²) in [7, 11) is -3.77. The van der Waals surface area contributed by atoms with Crippen LogP contribution in [-0.2, 0) is 10.1 Å². The Morgan fingerprint density at radius 2 is 1.92 bits per heavy atom. The van der Waals surface area contributed by atoms with Crippen molar-refractivity contribution in [3.8, 4) is 0 Å². The molecular weight excluding hydrogens is 190 g/mol. The van der Waals surface area contributed by atoms with Gasteiger partial charge in [-0.05, 0) is 38.4 Å². The van der Waals surface area contributed by atoms with E-state index in [0.717, 1.165) is 32.5 Å². The van der Waals surface area contributed by atoms with Crippen molar-refractivity contribution in [1.29, 1.82) is 0 Å². The summed E-state index contributed by atoms with van der Waals surface area (Å²) in [5.41, 5.74) is 0. The van der Waals surface area contributed by atoms with Gasteiger partial charge in [-0.1, -0.05) is 6.92 Å². The van der Waals surface area contributed by atoms with E-state index in [4.69, 9.17) is 4.55 Å². The van der Waals surface area contributed by atoms with Gasteiger partial charge in [0.25, 0.3) is 10.1 Å². The molecule has 1 aliphatic rings. The van der Waals surface area contributed by atoms with Gasteiger partial charge in [0.05, 0.1) is 5.75 Å². The molecule has 0 unspecified atom stereocenters. The largest absolute Gasteiger partial charge is 0.304 e. The second-order valence-corrected chi connectivity index (χ2v) is 5.12. The lowest BCUT2D eigenvalue weighted by molar-refractivity contribution is 0.201. The molecule has 0 aliphatic carbocycles. The number of hydrogen-bond acceptors (Lipinski definition) is 3. The molecule has 13 heavy (non-hydrogen) atoms. The predicted molar refractivity (Wildman–Crippen MR) is 51.3 cm³/mol. The Morgan fingerprint density at radius 3 is 2.31 bits per heavy atom. The van der Waals surface area contributed by atoms with Crippen molar-refractivity contribution in [2.75, 3.05) is 25.4 Å². The van der Waals surface area contributed by atoms with Crippen LogP contribution in [0.5, 0.6) is 0 Å². The van der Waals surface area contributed by atoms with Gasteiger partial charge in [0.15, 0.2) is 0 Å². The minimum atomic E-state index is -3.77. The highest BCUT2D eigenvalue weighted by molar-refractivity contribution is 7.85. The summed E-state index contributed by atoms with van der Waals surface area (Å²) in [6.07, 6.45) is 1.77. The molecule has 5 heteroatoms. The Bertz CT molecular complexity index is 242. The van der Waals surface area contributed by atoms with Gasteiger partial charge in [-0.2, -0.15) is 8.42 Å². The standard InChI is InChI=1S/C8H17NO3S/c1-2-9-5-3-8(4-6-9)7-13(10,11)12/h8H,2-7H2,1H3,(H,10,11,12). The zero-order valence-corrected chi connectivity index (χ0v) is 8.76. The zero-order chi connectivity index (χ0) is 9.90. The Labute approximate surface area is 79.7 Å². The summed E-state index contributed by atoms with van der Waals surface area (Å²) in [5.74, 6) is 0.0858. The van der Waals surface area contributed by atoms with Crippen LogP contribution in [0.2, 0.25) is 0 Å². The maximum absolute atomic E-state index is 10.6. The SMILES string of the molecule is CCN1CCC(CS(=O)(=O)O)CC1. The Kier molecular flexibility index (Phi) is 3.70. The number of rotatable bonds is 3. The molecule has 1 saturated heterocycles.